The van der Waals surface area contributed by atoms with Crippen molar-refractivity contribution in [2.45, 2.75) is 26.2 Å². The Morgan fingerprint density at radius 1 is 1.04 bits per heavy atom. The lowest BCUT2D eigenvalue weighted by atomic mass is 10.1. The lowest BCUT2D eigenvalue weighted by Gasteiger charge is -2.11. The van der Waals surface area contributed by atoms with Crippen LogP contribution in [-0.2, 0) is 6.42 Å². The third-order valence-electron chi connectivity index (χ3n) is 4.88. The van der Waals surface area contributed by atoms with E-state index in [2.05, 4.69) is 28.2 Å². The van der Waals surface area contributed by atoms with Crippen LogP contribution in [-0.4, -0.2) is 11.0 Å². The van der Waals surface area contributed by atoms with Gasteiger partial charge in [0.05, 0.1) is 10.0 Å². The van der Waals surface area contributed by atoms with Crippen molar-refractivity contribution in [3.63, 3.8) is 0 Å². The van der Waals surface area contributed by atoms with Gasteiger partial charge in [0.1, 0.15) is 17.1 Å². The van der Waals surface area contributed by atoms with E-state index < -0.39 is 0 Å². The molecule has 0 aliphatic heterocycles. The molecule has 0 unspecified atom stereocenters. The fourth-order valence-electron chi connectivity index (χ4n) is 3.46. The van der Waals surface area contributed by atoms with Crippen LogP contribution in [0.1, 0.15) is 35.9 Å². The van der Waals surface area contributed by atoms with Gasteiger partial charge in [-0.05, 0) is 46.6 Å². The number of benzene rings is 3. The smallest absolute Gasteiger partial charge is 0.259 e. The number of aromatic hydroxyl groups is 1. The minimum atomic E-state index is -0.187. The molecule has 0 radical (unpaired) electrons. The molecule has 1 amide bonds. The van der Waals surface area contributed by atoms with Gasteiger partial charge in [0, 0.05) is 28.3 Å². The Morgan fingerprint density at radius 3 is 2.64 bits per heavy atom. The number of rotatable bonds is 5. The summed E-state index contributed by atoms with van der Waals surface area (Å²) >= 11 is 3.41. The number of carbonyl (C=O) groups is 1. The lowest BCUT2D eigenvalue weighted by molar-refractivity contribution is 0.102. The summed E-state index contributed by atoms with van der Waals surface area (Å²) in [4.78, 5) is 13.2. The second kappa shape index (κ2) is 7.68. The zero-order valence-electron chi connectivity index (χ0n) is 15.5. The number of para-hydroxylation sites is 1. The average molecular weight is 438 g/mol. The van der Waals surface area contributed by atoms with E-state index in [0.717, 1.165) is 46.8 Å². The molecule has 4 nitrogen and oxygen atoms in total. The van der Waals surface area contributed by atoms with E-state index in [9.17, 15) is 9.90 Å². The van der Waals surface area contributed by atoms with Crippen LogP contribution in [0, 0.1) is 0 Å². The summed E-state index contributed by atoms with van der Waals surface area (Å²) in [5, 5.41) is 15.5. The number of carbonyl (C=O) groups excluding carboxylic acids is 1. The third-order valence-corrected chi connectivity index (χ3v) is 5.71. The molecule has 1 heterocycles. The normalized spacial score (nSPS) is 11.2. The van der Waals surface area contributed by atoms with Gasteiger partial charge in [0.25, 0.3) is 5.91 Å². The van der Waals surface area contributed by atoms with Crippen molar-refractivity contribution in [1.29, 1.82) is 0 Å². The highest BCUT2D eigenvalue weighted by Crippen LogP contribution is 2.36. The van der Waals surface area contributed by atoms with E-state index in [1.807, 2.05) is 42.5 Å². The van der Waals surface area contributed by atoms with Crippen molar-refractivity contribution in [1.82, 2.24) is 0 Å². The van der Waals surface area contributed by atoms with Crippen molar-refractivity contribution in [3.05, 3.63) is 70.4 Å². The number of hydrogen-bond acceptors (Lipinski definition) is 3. The monoisotopic (exact) mass is 437 g/mol. The molecule has 0 bridgehead atoms. The van der Waals surface area contributed by atoms with Gasteiger partial charge in [0.15, 0.2) is 0 Å². The van der Waals surface area contributed by atoms with Crippen molar-refractivity contribution in [3.8, 4) is 5.75 Å². The first-order chi connectivity index (χ1) is 13.6. The number of phenolic OH excluding ortho intramolecular Hbond substituents is 1. The van der Waals surface area contributed by atoms with E-state index in [0.29, 0.717) is 15.7 Å². The summed E-state index contributed by atoms with van der Waals surface area (Å²) in [6, 6.07) is 16.7. The van der Waals surface area contributed by atoms with Crippen LogP contribution in [0.3, 0.4) is 0 Å². The number of phenols is 1. The largest absolute Gasteiger partial charge is 0.507 e. The van der Waals surface area contributed by atoms with Gasteiger partial charge in [0.2, 0.25) is 0 Å². The van der Waals surface area contributed by atoms with Gasteiger partial charge >= 0.3 is 0 Å². The molecule has 0 atom stereocenters. The molecule has 0 aliphatic carbocycles. The molecule has 2 N–H and O–H groups in total. The van der Waals surface area contributed by atoms with E-state index in [-0.39, 0.29) is 11.7 Å². The van der Waals surface area contributed by atoms with E-state index in [1.165, 1.54) is 0 Å². The van der Waals surface area contributed by atoms with Gasteiger partial charge in [-0.1, -0.05) is 43.7 Å². The predicted molar refractivity (Wildman–Crippen MR) is 116 cm³/mol. The molecule has 4 aromatic rings. The van der Waals surface area contributed by atoms with Crippen LogP contribution in [0.25, 0.3) is 21.7 Å². The van der Waals surface area contributed by atoms with Crippen molar-refractivity contribution >= 4 is 49.3 Å². The SMILES string of the molecule is CCCCc1oc2ccccc2c1C(=O)Nc1cccc2c(Br)c(O)ccc12. The lowest BCUT2D eigenvalue weighted by Crippen LogP contribution is -2.13. The maximum atomic E-state index is 13.2. The summed E-state index contributed by atoms with van der Waals surface area (Å²) < 4.78 is 6.59. The molecular weight excluding hydrogens is 418 g/mol. The second-order valence-corrected chi connectivity index (χ2v) is 7.55. The maximum absolute atomic E-state index is 13.2. The molecular formula is C23H20BrNO3. The summed E-state index contributed by atoms with van der Waals surface area (Å²) in [7, 11) is 0. The first-order valence-corrected chi connectivity index (χ1v) is 10.1. The minimum Gasteiger partial charge on any atom is -0.507 e. The number of fused-ring (bicyclic) bond motifs is 2. The van der Waals surface area contributed by atoms with Gasteiger partial charge in [-0.25, -0.2) is 0 Å². The molecule has 28 heavy (non-hydrogen) atoms. The predicted octanol–water partition coefficient (Wildman–Crippen LogP) is 6.65. The van der Waals surface area contributed by atoms with Gasteiger partial charge in [-0.3, -0.25) is 4.79 Å². The molecule has 0 aliphatic rings. The third kappa shape index (κ3) is 3.27. The first kappa shape index (κ1) is 18.6. The number of unbranched alkanes of at least 4 members (excludes halogenated alkanes) is 1. The first-order valence-electron chi connectivity index (χ1n) is 9.32. The van der Waals surface area contributed by atoms with Gasteiger partial charge in [-0.2, -0.15) is 0 Å². The van der Waals surface area contributed by atoms with Crippen molar-refractivity contribution < 1.29 is 14.3 Å². The van der Waals surface area contributed by atoms with Crippen molar-refractivity contribution in [2.24, 2.45) is 0 Å². The van der Waals surface area contributed by atoms with E-state index in [4.69, 9.17) is 4.42 Å². The number of furan rings is 1. The quantitative estimate of drug-likeness (QED) is 0.367. The van der Waals surface area contributed by atoms with Crippen molar-refractivity contribution in [2.75, 3.05) is 5.32 Å². The zero-order chi connectivity index (χ0) is 19.7. The standard InChI is InChI=1S/C23H20BrNO3/c1-2-3-10-20-21(16-7-4-5-11-19(16)28-20)23(27)25-17-9-6-8-15-14(17)12-13-18(26)22(15)24/h4-9,11-13,26H,2-3,10H2,1H3,(H,25,27). The number of halogens is 1. The highest BCUT2D eigenvalue weighted by atomic mass is 79.9. The fourth-order valence-corrected chi connectivity index (χ4v) is 3.94. The fraction of sp³-hybridized carbons (Fsp3) is 0.174. The molecule has 142 valence electrons. The molecule has 0 spiro atoms. The zero-order valence-corrected chi connectivity index (χ0v) is 17.0. The van der Waals surface area contributed by atoms with Crippen LogP contribution < -0.4 is 5.32 Å². The van der Waals surface area contributed by atoms with Gasteiger partial charge in [-0.15, -0.1) is 0 Å². The highest BCUT2D eigenvalue weighted by molar-refractivity contribution is 9.10. The van der Waals surface area contributed by atoms with Crippen LogP contribution in [0.15, 0.2) is 63.5 Å². The summed E-state index contributed by atoms with van der Waals surface area (Å²) in [5.74, 6) is 0.700. The molecule has 0 saturated heterocycles. The number of nitrogens with one attached hydrogen (secondary N) is 1. The maximum Gasteiger partial charge on any atom is 0.259 e. The molecule has 5 heteroatoms. The second-order valence-electron chi connectivity index (χ2n) is 6.75. The minimum absolute atomic E-state index is 0.165. The van der Waals surface area contributed by atoms with Gasteiger partial charge < -0.3 is 14.8 Å². The average Bonchev–Trinajstić information content (AvgIpc) is 3.08. The Kier molecular flexibility index (Phi) is 5.09. The Labute approximate surface area is 171 Å². The molecule has 4 rings (SSSR count). The number of aryl methyl sites for hydroxylation is 1. The molecule has 0 fully saturated rings. The molecule has 1 aromatic heterocycles. The number of amides is 1. The summed E-state index contributed by atoms with van der Waals surface area (Å²) in [6.45, 7) is 2.12. The summed E-state index contributed by atoms with van der Waals surface area (Å²) in [6.07, 6.45) is 2.71. The summed E-state index contributed by atoms with van der Waals surface area (Å²) in [5.41, 5.74) is 2.01. The highest BCUT2D eigenvalue weighted by Gasteiger charge is 2.21. The van der Waals surface area contributed by atoms with Crippen LogP contribution in [0.4, 0.5) is 5.69 Å². The van der Waals surface area contributed by atoms with Crippen LogP contribution in [0.2, 0.25) is 0 Å². The topological polar surface area (TPSA) is 62.5 Å². The van der Waals surface area contributed by atoms with Crippen LogP contribution in [0.5, 0.6) is 5.75 Å². The number of hydrogen-bond donors (Lipinski definition) is 2. The Bertz CT molecular complexity index is 1180. The Balaban J connectivity index is 1.77. The molecule has 3 aromatic carbocycles. The number of anilines is 1. The van der Waals surface area contributed by atoms with E-state index in [1.54, 1.807) is 12.1 Å². The van der Waals surface area contributed by atoms with E-state index >= 15 is 0 Å². The van der Waals surface area contributed by atoms with Crippen LogP contribution >= 0.6 is 15.9 Å². The Hall–Kier alpha value is -2.79. The molecule has 0 saturated carbocycles. The Morgan fingerprint density at radius 2 is 1.82 bits per heavy atom.